The van der Waals surface area contributed by atoms with E-state index in [1.165, 1.54) is 0 Å². The van der Waals surface area contributed by atoms with Crippen LogP contribution in [0.3, 0.4) is 0 Å². The Kier molecular flexibility index (Phi) is 4.46. The van der Waals surface area contributed by atoms with Crippen molar-refractivity contribution < 1.29 is 9.53 Å². The molecule has 0 saturated carbocycles. The molecule has 0 spiro atoms. The number of aryl methyl sites for hydroxylation is 1. The lowest BCUT2D eigenvalue weighted by Crippen LogP contribution is -1.92. The van der Waals surface area contributed by atoms with Crippen LogP contribution >= 0.6 is 23.2 Å². The molecule has 2 aromatic rings. The van der Waals surface area contributed by atoms with Crippen LogP contribution < -0.4 is 4.74 Å². The first-order chi connectivity index (χ1) is 9.15. The Labute approximate surface area is 121 Å². The fraction of sp³-hybridized carbons (Fsp3) is 0.133. The lowest BCUT2D eigenvalue weighted by atomic mass is 10.1. The molecule has 0 saturated heterocycles. The average molecular weight is 295 g/mol. The van der Waals surface area contributed by atoms with Gasteiger partial charge in [0.2, 0.25) is 0 Å². The van der Waals surface area contributed by atoms with Crippen LogP contribution in [0.15, 0.2) is 36.4 Å². The SMILES string of the molecule is CCc1cc(Oc2cccc(Cl)c2C=O)ccc1Cl. The van der Waals surface area contributed by atoms with Crippen molar-refractivity contribution in [3.8, 4) is 11.5 Å². The summed E-state index contributed by atoms with van der Waals surface area (Å²) in [4.78, 5) is 11.0. The Hall–Kier alpha value is -1.51. The van der Waals surface area contributed by atoms with Crippen LogP contribution in [0.2, 0.25) is 10.0 Å². The molecule has 0 amide bonds. The zero-order chi connectivity index (χ0) is 13.8. The van der Waals surface area contributed by atoms with Crippen molar-refractivity contribution in [3.63, 3.8) is 0 Å². The fourth-order valence-corrected chi connectivity index (χ4v) is 2.19. The Morgan fingerprint density at radius 3 is 2.63 bits per heavy atom. The average Bonchev–Trinajstić information content (AvgIpc) is 2.41. The van der Waals surface area contributed by atoms with Gasteiger partial charge in [-0.15, -0.1) is 0 Å². The quantitative estimate of drug-likeness (QED) is 0.728. The summed E-state index contributed by atoms with van der Waals surface area (Å²) in [5, 5.41) is 1.08. The van der Waals surface area contributed by atoms with Gasteiger partial charge in [-0.2, -0.15) is 0 Å². The second-order valence-corrected chi connectivity index (χ2v) is 4.79. The third-order valence-corrected chi connectivity index (χ3v) is 3.45. The molecule has 19 heavy (non-hydrogen) atoms. The molecule has 0 bridgehead atoms. The van der Waals surface area contributed by atoms with E-state index in [-0.39, 0.29) is 0 Å². The molecule has 0 unspecified atom stereocenters. The number of carbonyl (C=O) groups excluding carboxylic acids is 1. The van der Waals surface area contributed by atoms with E-state index < -0.39 is 0 Å². The smallest absolute Gasteiger partial charge is 0.155 e. The number of halogens is 2. The topological polar surface area (TPSA) is 26.3 Å². The van der Waals surface area contributed by atoms with Gasteiger partial charge in [0, 0.05) is 5.02 Å². The highest BCUT2D eigenvalue weighted by Crippen LogP contribution is 2.31. The standard InChI is InChI=1S/C15H12Cl2O2/c1-2-10-8-11(6-7-13(10)16)19-15-5-3-4-14(17)12(15)9-18/h3-9H,2H2,1H3. The first-order valence-corrected chi connectivity index (χ1v) is 6.61. The van der Waals surface area contributed by atoms with Crippen LogP contribution in [-0.2, 0) is 6.42 Å². The van der Waals surface area contributed by atoms with Crippen molar-refractivity contribution in [1.82, 2.24) is 0 Å². The molecular formula is C15H12Cl2O2. The molecule has 0 N–H and O–H groups in total. The molecule has 2 aromatic carbocycles. The van der Waals surface area contributed by atoms with E-state index in [0.29, 0.717) is 33.4 Å². The van der Waals surface area contributed by atoms with Gasteiger partial charge in [-0.1, -0.05) is 36.2 Å². The van der Waals surface area contributed by atoms with Crippen LogP contribution in [-0.4, -0.2) is 6.29 Å². The number of hydrogen-bond donors (Lipinski definition) is 0. The summed E-state index contributed by atoms with van der Waals surface area (Å²) in [5.74, 6) is 1.07. The number of aldehydes is 1. The summed E-state index contributed by atoms with van der Waals surface area (Å²) in [7, 11) is 0. The molecule has 0 aromatic heterocycles. The Morgan fingerprint density at radius 1 is 1.16 bits per heavy atom. The zero-order valence-corrected chi connectivity index (χ0v) is 11.8. The van der Waals surface area contributed by atoms with Crippen LogP contribution in [0.25, 0.3) is 0 Å². The Balaban J connectivity index is 2.36. The van der Waals surface area contributed by atoms with Gasteiger partial charge in [0.05, 0.1) is 10.6 Å². The van der Waals surface area contributed by atoms with Gasteiger partial charge in [0.15, 0.2) is 6.29 Å². The molecule has 98 valence electrons. The Bertz CT molecular complexity index is 609. The first-order valence-electron chi connectivity index (χ1n) is 5.85. The van der Waals surface area contributed by atoms with Crippen LogP contribution in [0, 0.1) is 0 Å². The number of carbonyl (C=O) groups is 1. The number of hydrogen-bond acceptors (Lipinski definition) is 2. The lowest BCUT2D eigenvalue weighted by molar-refractivity contribution is 0.112. The minimum absolute atomic E-state index is 0.345. The summed E-state index contributed by atoms with van der Waals surface area (Å²) in [6.45, 7) is 2.02. The van der Waals surface area contributed by atoms with Crippen molar-refractivity contribution >= 4 is 29.5 Å². The molecule has 0 heterocycles. The number of rotatable bonds is 4. The largest absolute Gasteiger partial charge is 0.457 e. The van der Waals surface area contributed by atoms with Crippen molar-refractivity contribution in [3.05, 3.63) is 57.6 Å². The van der Waals surface area contributed by atoms with Gasteiger partial charge >= 0.3 is 0 Å². The third kappa shape index (κ3) is 3.09. The van der Waals surface area contributed by atoms with E-state index in [2.05, 4.69) is 0 Å². The van der Waals surface area contributed by atoms with E-state index in [0.717, 1.165) is 12.0 Å². The van der Waals surface area contributed by atoms with E-state index in [9.17, 15) is 4.79 Å². The molecule has 0 aliphatic heterocycles. The fourth-order valence-electron chi connectivity index (χ4n) is 1.73. The monoisotopic (exact) mass is 294 g/mol. The van der Waals surface area contributed by atoms with Crippen molar-refractivity contribution in [1.29, 1.82) is 0 Å². The van der Waals surface area contributed by atoms with Gasteiger partial charge in [-0.25, -0.2) is 0 Å². The predicted octanol–water partition coefficient (Wildman–Crippen LogP) is 5.16. The van der Waals surface area contributed by atoms with Gasteiger partial charge in [0.1, 0.15) is 11.5 Å². The summed E-state index contributed by atoms with van der Waals surface area (Å²) in [6, 6.07) is 10.5. The normalized spacial score (nSPS) is 10.3. The van der Waals surface area contributed by atoms with Gasteiger partial charge in [-0.3, -0.25) is 4.79 Å². The minimum Gasteiger partial charge on any atom is -0.457 e. The summed E-state index contributed by atoms with van der Waals surface area (Å²) in [6.07, 6.45) is 1.50. The molecule has 0 atom stereocenters. The van der Waals surface area contributed by atoms with E-state index in [1.807, 2.05) is 13.0 Å². The highest BCUT2D eigenvalue weighted by Gasteiger charge is 2.09. The maximum Gasteiger partial charge on any atom is 0.155 e. The second kappa shape index (κ2) is 6.09. The Morgan fingerprint density at radius 2 is 1.95 bits per heavy atom. The van der Waals surface area contributed by atoms with Gasteiger partial charge in [0.25, 0.3) is 0 Å². The third-order valence-electron chi connectivity index (χ3n) is 2.76. The van der Waals surface area contributed by atoms with Crippen LogP contribution in [0.1, 0.15) is 22.8 Å². The summed E-state index contributed by atoms with van der Waals surface area (Å²) >= 11 is 12.0. The van der Waals surface area contributed by atoms with Crippen molar-refractivity contribution in [2.75, 3.05) is 0 Å². The van der Waals surface area contributed by atoms with E-state index in [4.69, 9.17) is 27.9 Å². The first kappa shape index (κ1) is 13.9. The highest BCUT2D eigenvalue weighted by atomic mass is 35.5. The number of ether oxygens (including phenoxy) is 1. The zero-order valence-electron chi connectivity index (χ0n) is 10.3. The van der Waals surface area contributed by atoms with E-state index >= 15 is 0 Å². The lowest BCUT2D eigenvalue weighted by Gasteiger charge is -2.10. The molecule has 0 aliphatic carbocycles. The van der Waals surface area contributed by atoms with Gasteiger partial charge < -0.3 is 4.74 Å². The molecule has 0 fully saturated rings. The molecule has 2 rings (SSSR count). The molecule has 0 radical (unpaired) electrons. The molecule has 4 heteroatoms. The van der Waals surface area contributed by atoms with Crippen LogP contribution in [0.4, 0.5) is 0 Å². The minimum atomic E-state index is 0.345. The summed E-state index contributed by atoms with van der Waals surface area (Å²) < 4.78 is 5.70. The van der Waals surface area contributed by atoms with Crippen molar-refractivity contribution in [2.45, 2.75) is 13.3 Å². The van der Waals surface area contributed by atoms with Crippen molar-refractivity contribution in [2.24, 2.45) is 0 Å². The second-order valence-electron chi connectivity index (χ2n) is 3.98. The van der Waals surface area contributed by atoms with E-state index in [1.54, 1.807) is 30.3 Å². The summed E-state index contributed by atoms with van der Waals surface area (Å²) in [5.41, 5.74) is 1.34. The maximum atomic E-state index is 11.0. The van der Waals surface area contributed by atoms with Crippen LogP contribution in [0.5, 0.6) is 11.5 Å². The van der Waals surface area contributed by atoms with Gasteiger partial charge in [-0.05, 0) is 42.3 Å². The molecule has 0 aliphatic rings. The molecule has 2 nitrogen and oxygen atoms in total. The predicted molar refractivity (Wildman–Crippen MR) is 77.7 cm³/mol. The highest BCUT2D eigenvalue weighted by molar-refractivity contribution is 6.33. The maximum absolute atomic E-state index is 11.0. The number of benzene rings is 2. The molecular weight excluding hydrogens is 283 g/mol.